The van der Waals surface area contributed by atoms with Crippen LogP contribution in [-0.4, -0.2) is 66.8 Å². The summed E-state index contributed by atoms with van der Waals surface area (Å²) in [6, 6.07) is 4.59. The summed E-state index contributed by atoms with van der Waals surface area (Å²) in [5.41, 5.74) is -1.24. The Morgan fingerprint density at radius 1 is 0.931 bits per heavy atom. The van der Waals surface area contributed by atoms with Crippen LogP contribution in [0.2, 0.25) is 0 Å². The molecule has 2 aromatic carbocycles. The summed E-state index contributed by atoms with van der Waals surface area (Å²) in [6.45, 7) is -0.690. The summed E-state index contributed by atoms with van der Waals surface area (Å²) in [7, 11) is 0. The number of phenols is 3. The minimum Gasteiger partial charge on any atom is -0.508 e. The third kappa shape index (κ3) is 2.89. The van der Waals surface area contributed by atoms with Crippen LogP contribution >= 0.6 is 0 Å². The first kappa shape index (κ1) is 19.4. The summed E-state index contributed by atoms with van der Waals surface area (Å²) in [6.07, 6.45) is -7.84. The lowest BCUT2D eigenvalue weighted by Gasteiger charge is -2.40. The standard InChI is InChI=1S/C19H18O10/c20-5-11-15(25)16(26)17(27)19(29-11)13-9(23)4-8(22)12-14(24)7-3-6(21)1-2-10(7)28-18(12)13/h1-4,11,15-17,19-23,25-27H,5H2/t11-,15-,16+,17-,19+/m0/s1. The molecule has 0 radical (unpaired) electrons. The Morgan fingerprint density at radius 2 is 1.66 bits per heavy atom. The minimum absolute atomic E-state index is 0.0242. The first-order chi connectivity index (χ1) is 13.7. The second kappa shape index (κ2) is 6.87. The van der Waals surface area contributed by atoms with Crippen molar-refractivity contribution in [3.05, 3.63) is 40.1 Å². The molecular weight excluding hydrogens is 388 g/mol. The van der Waals surface area contributed by atoms with Gasteiger partial charge in [0, 0.05) is 6.07 Å². The van der Waals surface area contributed by atoms with E-state index in [9.17, 15) is 40.5 Å². The maximum Gasteiger partial charge on any atom is 0.204 e. The summed E-state index contributed by atoms with van der Waals surface area (Å²) in [5.74, 6) is -1.40. The summed E-state index contributed by atoms with van der Waals surface area (Å²) in [4.78, 5) is 12.9. The second-order valence-electron chi connectivity index (χ2n) is 6.89. The molecule has 0 saturated carbocycles. The van der Waals surface area contributed by atoms with Crippen molar-refractivity contribution in [1.82, 2.24) is 0 Å². The van der Waals surface area contributed by atoms with E-state index >= 15 is 0 Å². The maximum absolute atomic E-state index is 12.9. The second-order valence-corrected chi connectivity index (χ2v) is 6.89. The summed E-state index contributed by atoms with van der Waals surface area (Å²) < 4.78 is 11.1. The van der Waals surface area contributed by atoms with E-state index in [-0.39, 0.29) is 33.3 Å². The highest BCUT2D eigenvalue weighted by atomic mass is 16.5. The Labute approximate surface area is 162 Å². The Bertz CT molecular complexity index is 1150. The van der Waals surface area contributed by atoms with Crippen molar-refractivity contribution in [2.75, 3.05) is 6.61 Å². The molecule has 10 heteroatoms. The molecule has 1 saturated heterocycles. The molecule has 0 unspecified atom stereocenters. The first-order valence-corrected chi connectivity index (χ1v) is 8.69. The highest BCUT2D eigenvalue weighted by Crippen LogP contribution is 2.43. The first-order valence-electron chi connectivity index (χ1n) is 8.69. The fourth-order valence-corrected chi connectivity index (χ4v) is 3.62. The van der Waals surface area contributed by atoms with Crippen molar-refractivity contribution in [2.45, 2.75) is 30.5 Å². The van der Waals surface area contributed by atoms with Crippen molar-refractivity contribution >= 4 is 21.9 Å². The van der Waals surface area contributed by atoms with E-state index in [1.54, 1.807) is 0 Å². The average molecular weight is 406 g/mol. The number of aliphatic hydroxyl groups is 4. The van der Waals surface area contributed by atoms with Gasteiger partial charge in [-0.25, -0.2) is 0 Å². The van der Waals surface area contributed by atoms with Crippen LogP contribution in [0.5, 0.6) is 17.2 Å². The number of rotatable bonds is 2. The highest BCUT2D eigenvalue weighted by molar-refractivity contribution is 5.96. The van der Waals surface area contributed by atoms with E-state index in [0.717, 1.165) is 12.1 Å². The Kier molecular flexibility index (Phi) is 4.60. The molecule has 3 aromatic rings. The minimum atomic E-state index is -1.74. The van der Waals surface area contributed by atoms with Crippen LogP contribution in [0, 0.1) is 0 Å². The van der Waals surface area contributed by atoms with Crippen LogP contribution in [0.15, 0.2) is 33.5 Å². The molecule has 10 nitrogen and oxygen atoms in total. The zero-order valence-electron chi connectivity index (χ0n) is 14.8. The van der Waals surface area contributed by atoms with Gasteiger partial charge >= 0.3 is 0 Å². The number of phenolic OH excluding ortho intramolecular Hbond substituents is 3. The third-order valence-electron chi connectivity index (χ3n) is 5.10. The van der Waals surface area contributed by atoms with Gasteiger partial charge in [-0.05, 0) is 18.2 Å². The number of aromatic hydroxyl groups is 3. The van der Waals surface area contributed by atoms with Gasteiger partial charge in [0.1, 0.15) is 58.7 Å². The number of aliphatic hydroxyl groups excluding tert-OH is 4. The van der Waals surface area contributed by atoms with Crippen LogP contribution in [0.3, 0.4) is 0 Å². The molecule has 1 aromatic heterocycles. The van der Waals surface area contributed by atoms with Gasteiger partial charge in [0.05, 0.1) is 17.6 Å². The quantitative estimate of drug-likeness (QED) is 0.276. The topological polar surface area (TPSA) is 181 Å². The predicted molar refractivity (Wildman–Crippen MR) is 97.7 cm³/mol. The van der Waals surface area contributed by atoms with E-state index in [4.69, 9.17) is 9.15 Å². The zero-order valence-corrected chi connectivity index (χ0v) is 14.8. The number of fused-ring (bicyclic) bond motifs is 2. The van der Waals surface area contributed by atoms with Crippen LogP contribution in [-0.2, 0) is 4.74 Å². The number of ether oxygens (including phenoxy) is 1. The van der Waals surface area contributed by atoms with E-state index in [1.807, 2.05) is 0 Å². The van der Waals surface area contributed by atoms with Gasteiger partial charge in [0.25, 0.3) is 0 Å². The molecule has 2 heterocycles. The molecule has 0 amide bonds. The van der Waals surface area contributed by atoms with Crippen molar-refractivity contribution in [2.24, 2.45) is 0 Å². The maximum atomic E-state index is 12.9. The fraction of sp³-hybridized carbons (Fsp3) is 0.316. The zero-order chi connectivity index (χ0) is 21.0. The van der Waals surface area contributed by atoms with Crippen LogP contribution in [0.1, 0.15) is 11.7 Å². The average Bonchev–Trinajstić information content (AvgIpc) is 2.68. The molecular formula is C19H18O10. The lowest BCUT2D eigenvalue weighted by molar-refractivity contribution is -0.231. The van der Waals surface area contributed by atoms with Crippen molar-refractivity contribution in [3.8, 4) is 17.2 Å². The van der Waals surface area contributed by atoms with Gasteiger partial charge < -0.3 is 44.9 Å². The summed E-state index contributed by atoms with van der Waals surface area (Å²) >= 11 is 0. The van der Waals surface area contributed by atoms with E-state index < -0.39 is 54.1 Å². The van der Waals surface area contributed by atoms with E-state index in [0.29, 0.717) is 0 Å². The van der Waals surface area contributed by atoms with E-state index in [2.05, 4.69) is 0 Å². The number of hydrogen-bond donors (Lipinski definition) is 7. The molecule has 1 fully saturated rings. The normalized spacial score (nSPS) is 27.5. The molecule has 29 heavy (non-hydrogen) atoms. The SMILES string of the molecule is O=c1c2cc(O)ccc2oc2c([C@H]3O[C@@H](CO)[C@H](O)[C@@H](O)[C@@H]3O)c(O)cc(O)c12. The largest absolute Gasteiger partial charge is 0.508 e. The van der Waals surface area contributed by atoms with Gasteiger partial charge in [-0.3, -0.25) is 4.79 Å². The molecule has 0 aliphatic carbocycles. The Hall–Kier alpha value is -2.89. The monoisotopic (exact) mass is 406 g/mol. The lowest BCUT2D eigenvalue weighted by Crippen LogP contribution is -2.55. The fourth-order valence-electron chi connectivity index (χ4n) is 3.62. The molecule has 4 rings (SSSR count). The lowest BCUT2D eigenvalue weighted by atomic mass is 9.89. The molecule has 7 N–H and O–H groups in total. The molecule has 5 atom stereocenters. The van der Waals surface area contributed by atoms with Crippen LogP contribution in [0.4, 0.5) is 0 Å². The molecule has 1 aliphatic heterocycles. The van der Waals surface area contributed by atoms with Gasteiger partial charge in [0.15, 0.2) is 5.58 Å². The third-order valence-corrected chi connectivity index (χ3v) is 5.10. The van der Waals surface area contributed by atoms with Crippen LogP contribution in [0.25, 0.3) is 21.9 Å². The summed E-state index contributed by atoms with van der Waals surface area (Å²) in [5, 5.41) is 69.7. The molecule has 1 aliphatic rings. The van der Waals surface area contributed by atoms with Gasteiger partial charge in [-0.1, -0.05) is 0 Å². The molecule has 0 bridgehead atoms. The van der Waals surface area contributed by atoms with Gasteiger partial charge in [-0.2, -0.15) is 0 Å². The van der Waals surface area contributed by atoms with Crippen LogP contribution < -0.4 is 5.43 Å². The number of hydrogen-bond acceptors (Lipinski definition) is 10. The highest BCUT2D eigenvalue weighted by Gasteiger charge is 2.46. The van der Waals surface area contributed by atoms with Gasteiger partial charge in [-0.15, -0.1) is 0 Å². The smallest absolute Gasteiger partial charge is 0.204 e. The van der Waals surface area contributed by atoms with Gasteiger partial charge in [0.2, 0.25) is 5.43 Å². The Balaban J connectivity index is 2.03. The van der Waals surface area contributed by atoms with Crippen molar-refractivity contribution in [1.29, 1.82) is 0 Å². The van der Waals surface area contributed by atoms with E-state index in [1.165, 1.54) is 12.1 Å². The van der Waals surface area contributed by atoms with Crippen molar-refractivity contribution in [3.63, 3.8) is 0 Å². The van der Waals surface area contributed by atoms with Crippen molar-refractivity contribution < 1.29 is 44.9 Å². The molecule has 154 valence electrons. The Morgan fingerprint density at radius 3 is 2.34 bits per heavy atom. The predicted octanol–water partition coefficient (Wildman–Crippen LogP) is -0.422. The molecule has 0 spiro atoms. The number of benzene rings is 2.